The molecule has 1 N–H and O–H groups in total. The largest absolute Gasteiger partial charge is 0.444 e. The van der Waals surface area contributed by atoms with Gasteiger partial charge in [0, 0.05) is 118 Å². The third-order valence-corrected chi connectivity index (χ3v) is 11.6. The van der Waals surface area contributed by atoms with Crippen LogP contribution in [0.2, 0.25) is 0 Å². The number of hydrogen-bond donors (Lipinski definition) is 1. The fourth-order valence-electron chi connectivity index (χ4n) is 7.43. The van der Waals surface area contributed by atoms with E-state index in [1.165, 1.54) is 12.3 Å². The molecule has 0 radical (unpaired) electrons. The number of hydrogen-bond acceptors (Lipinski definition) is 10. The van der Waals surface area contributed by atoms with E-state index in [0.717, 1.165) is 23.4 Å². The van der Waals surface area contributed by atoms with Gasteiger partial charge in [-0.25, -0.2) is 37.1 Å². The summed E-state index contributed by atoms with van der Waals surface area (Å²) < 4.78 is 83.3. The van der Waals surface area contributed by atoms with Crippen molar-refractivity contribution in [2.45, 2.75) is 90.3 Å². The molecule has 0 saturated carbocycles. The third kappa shape index (κ3) is 17.7. The van der Waals surface area contributed by atoms with Crippen LogP contribution < -0.4 is 10.2 Å². The van der Waals surface area contributed by atoms with E-state index in [9.17, 15) is 31.5 Å². The number of rotatable bonds is 7. The summed E-state index contributed by atoms with van der Waals surface area (Å²) >= 11 is 6.53. The standard InChI is InChI=1S/C21H31BrF2N4O2.C16H29F2N3O2.C5H3BrFN/c1-20(2,3)30-19(29)28-8-5-16(6-9-28)21(23,24)15-26-10-12-27(13-11-26)18-14-17(22)4-7-25-18;1-15(2,3)23-14(22)21-8-4-13(5-9-21)16(17,18)12-20-10-6-19-7-11-20;6-4-1-2-8-5(7)3-4/h4,7,14,16H,5-6,8-13,15H2,1-3H3;13,19H,4-12H2,1-3H3;1-3H. The maximum atomic E-state index is 15.0. The smallest absolute Gasteiger partial charge is 0.410 e. The third-order valence-electron chi connectivity index (χ3n) is 10.7. The summed E-state index contributed by atoms with van der Waals surface area (Å²) in [5, 5.41) is 3.17. The number of nitrogens with zero attached hydrogens (tertiary/aromatic N) is 7. The van der Waals surface area contributed by atoms with E-state index in [-0.39, 0.29) is 13.1 Å². The predicted octanol–water partition coefficient (Wildman–Crippen LogP) is 8.41. The Morgan fingerprint density at radius 1 is 0.656 bits per heavy atom. The van der Waals surface area contributed by atoms with Crippen molar-refractivity contribution < 1.29 is 41.0 Å². The van der Waals surface area contributed by atoms with Gasteiger partial charge in [0.1, 0.15) is 17.0 Å². The van der Waals surface area contributed by atoms with E-state index in [1.807, 2.05) is 21.9 Å². The number of piperidine rings is 2. The maximum absolute atomic E-state index is 15.0. The van der Waals surface area contributed by atoms with E-state index in [1.54, 1.807) is 63.6 Å². The van der Waals surface area contributed by atoms with E-state index < -0.39 is 53.0 Å². The van der Waals surface area contributed by atoms with Crippen LogP contribution in [-0.4, -0.2) is 156 Å². The quantitative estimate of drug-likeness (QED) is 0.215. The number of ether oxygens (including phenoxy) is 2. The van der Waals surface area contributed by atoms with Crippen LogP contribution in [0.1, 0.15) is 67.2 Å². The molecule has 4 aliphatic rings. The lowest BCUT2D eigenvalue weighted by molar-refractivity contribution is -0.1000. The van der Waals surface area contributed by atoms with Gasteiger partial charge in [-0.2, -0.15) is 4.39 Å². The minimum atomic E-state index is -2.77. The van der Waals surface area contributed by atoms with Crippen molar-refractivity contribution in [3.05, 3.63) is 51.6 Å². The van der Waals surface area contributed by atoms with Gasteiger partial charge in [-0.3, -0.25) is 9.80 Å². The van der Waals surface area contributed by atoms with Gasteiger partial charge < -0.3 is 29.5 Å². The Kier molecular flexibility index (Phi) is 18.9. The first-order valence-electron chi connectivity index (χ1n) is 21.0. The molecule has 4 saturated heterocycles. The van der Waals surface area contributed by atoms with E-state index in [4.69, 9.17) is 9.47 Å². The molecule has 0 aliphatic carbocycles. The molecule has 344 valence electrons. The number of carbonyl (C=O) groups excluding carboxylic acids is 2. The zero-order valence-corrected chi connectivity index (χ0v) is 39.4. The molecule has 0 unspecified atom stereocenters. The van der Waals surface area contributed by atoms with Crippen LogP contribution in [0, 0.1) is 17.8 Å². The van der Waals surface area contributed by atoms with Crippen LogP contribution in [0.5, 0.6) is 0 Å². The highest BCUT2D eigenvalue weighted by Crippen LogP contribution is 2.36. The van der Waals surface area contributed by atoms with Crippen molar-refractivity contribution in [3.63, 3.8) is 0 Å². The molecule has 61 heavy (non-hydrogen) atoms. The van der Waals surface area contributed by atoms with Crippen molar-refractivity contribution in [1.29, 1.82) is 0 Å². The molecule has 0 bridgehead atoms. The van der Waals surface area contributed by atoms with E-state index in [0.29, 0.717) is 95.6 Å². The number of carbonyl (C=O) groups is 2. The van der Waals surface area contributed by atoms with Gasteiger partial charge in [-0.05, 0) is 85.4 Å². The van der Waals surface area contributed by atoms with Crippen molar-refractivity contribution in [1.82, 2.24) is 34.9 Å². The van der Waals surface area contributed by atoms with Gasteiger partial charge in [0.15, 0.2) is 0 Å². The number of nitrogens with one attached hydrogen (secondary N) is 1. The zero-order chi connectivity index (χ0) is 45.0. The first kappa shape index (κ1) is 50.8. The number of alkyl halides is 4. The first-order chi connectivity index (χ1) is 28.5. The molecule has 12 nitrogen and oxygen atoms in total. The first-order valence-corrected chi connectivity index (χ1v) is 22.6. The molecular formula is C42H63Br2F5N8O4. The van der Waals surface area contributed by atoms with Gasteiger partial charge in [0.05, 0.1) is 13.1 Å². The van der Waals surface area contributed by atoms with Crippen molar-refractivity contribution in [2.24, 2.45) is 11.8 Å². The van der Waals surface area contributed by atoms with E-state index >= 15 is 0 Å². The van der Waals surface area contributed by atoms with Crippen LogP contribution in [-0.2, 0) is 9.47 Å². The van der Waals surface area contributed by atoms with Crippen LogP contribution in [0.25, 0.3) is 0 Å². The van der Waals surface area contributed by atoms with Crippen LogP contribution in [0.4, 0.5) is 37.4 Å². The Morgan fingerprint density at radius 2 is 1.07 bits per heavy atom. The Balaban J connectivity index is 0.000000232. The molecule has 2 amide bonds. The van der Waals surface area contributed by atoms with E-state index in [2.05, 4.69) is 52.0 Å². The summed E-state index contributed by atoms with van der Waals surface area (Å²) in [6.07, 6.45) is 3.59. The molecule has 6 heterocycles. The predicted molar refractivity (Wildman–Crippen MR) is 233 cm³/mol. The summed E-state index contributed by atoms with van der Waals surface area (Å²) in [5.41, 5.74) is -1.13. The lowest BCUT2D eigenvalue weighted by Gasteiger charge is -2.40. The molecule has 0 aromatic carbocycles. The van der Waals surface area contributed by atoms with Gasteiger partial charge in [-0.15, -0.1) is 0 Å². The summed E-state index contributed by atoms with van der Waals surface area (Å²) in [6.45, 7) is 17.2. The van der Waals surface area contributed by atoms with Crippen LogP contribution in [0.15, 0.2) is 45.6 Å². The summed E-state index contributed by atoms with van der Waals surface area (Å²) in [5.74, 6) is -6.42. The molecular weight excluding hydrogens is 935 g/mol. The van der Waals surface area contributed by atoms with Crippen LogP contribution in [0.3, 0.4) is 0 Å². The summed E-state index contributed by atoms with van der Waals surface area (Å²) in [7, 11) is 0. The SMILES string of the molecule is CC(C)(C)OC(=O)N1CCC(C(F)(F)CN2CCN(c3cc(Br)ccn3)CC2)CC1.CC(C)(C)OC(=O)N1CCC(C(F)(F)CN2CCNCC2)CC1.Fc1cc(Br)ccn1. The summed E-state index contributed by atoms with van der Waals surface area (Å²) in [6, 6.07) is 6.79. The number of amides is 2. The van der Waals surface area contributed by atoms with Crippen molar-refractivity contribution in [2.75, 3.05) is 96.5 Å². The Bertz CT molecular complexity index is 1660. The Labute approximate surface area is 374 Å². The maximum Gasteiger partial charge on any atom is 0.410 e. The molecule has 19 heteroatoms. The number of halogens is 7. The van der Waals surface area contributed by atoms with Gasteiger partial charge in [-0.1, -0.05) is 31.9 Å². The van der Waals surface area contributed by atoms with Crippen molar-refractivity contribution in [3.8, 4) is 0 Å². The van der Waals surface area contributed by atoms with Gasteiger partial charge in [0.25, 0.3) is 11.8 Å². The fourth-order valence-corrected chi connectivity index (χ4v) is 8.06. The minimum Gasteiger partial charge on any atom is -0.444 e. The molecule has 2 aromatic heterocycles. The molecule has 4 fully saturated rings. The second-order valence-corrected chi connectivity index (χ2v) is 19.8. The average molecular weight is 999 g/mol. The molecule has 6 rings (SSSR count). The van der Waals surface area contributed by atoms with Crippen LogP contribution >= 0.6 is 31.9 Å². The zero-order valence-electron chi connectivity index (χ0n) is 36.3. The Morgan fingerprint density at radius 3 is 1.44 bits per heavy atom. The monoisotopic (exact) mass is 996 g/mol. The molecule has 0 atom stereocenters. The summed E-state index contributed by atoms with van der Waals surface area (Å²) in [4.78, 5) is 40.7. The second-order valence-electron chi connectivity index (χ2n) is 17.9. The highest BCUT2D eigenvalue weighted by atomic mass is 79.9. The van der Waals surface area contributed by atoms with Gasteiger partial charge in [0.2, 0.25) is 5.95 Å². The topological polar surface area (TPSA) is 107 Å². The highest BCUT2D eigenvalue weighted by molar-refractivity contribution is 9.10. The lowest BCUT2D eigenvalue weighted by Crippen LogP contribution is -2.53. The number of aromatic nitrogens is 2. The van der Waals surface area contributed by atoms with Crippen molar-refractivity contribution >= 4 is 49.9 Å². The lowest BCUT2D eigenvalue weighted by atomic mass is 9.90. The number of pyridine rings is 2. The second kappa shape index (κ2) is 22.7. The normalized spacial score (nSPS) is 19.3. The average Bonchev–Trinajstić information content (AvgIpc) is 3.17. The molecule has 0 spiro atoms. The number of likely N-dealkylation sites (tertiary alicyclic amines) is 2. The number of anilines is 1. The number of piperazine rings is 2. The molecule has 4 aliphatic heterocycles. The Hall–Kier alpha value is -2.87. The fraction of sp³-hybridized carbons (Fsp3) is 0.714. The highest BCUT2D eigenvalue weighted by Gasteiger charge is 2.45. The van der Waals surface area contributed by atoms with Gasteiger partial charge >= 0.3 is 12.2 Å². The minimum absolute atomic E-state index is 0.175. The molecule has 2 aromatic rings.